The van der Waals surface area contributed by atoms with E-state index in [1.807, 2.05) is 0 Å². The molecule has 3 aromatic carbocycles. The first kappa shape index (κ1) is 23.7. The van der Waals surface area contributed by atoms with E-state index in [2.05, 4.69) is 5.32 Å². The average molecular weight is 472 g/mol. The summed E-state index contributed by atoms with van der Waals surface area (Å²) in [6, 6.07) is 17.0. The number of nitrogens with one attached hydrogen (secondary N) is 1. The molecule has 0 unspecified atom stereocenters. The Balaban J connectivity index is 1.68. The maximum absolute atomic E-state index is 13.2. The van der Waals surface area contributed by atoms with Crippen LogP contribution in [0.5, 0.6) is 5.75 Å². The van der Waals surface area contributed by atoms with Gasteiger partial charge in [0.05, 0.1) is 23.3 Å². The molecule has 1 N–H and O–H groups in total. The third-order valence-electron chi connectivity index (χ3n) is 4.61. The lowest BCUT2D eigenvalue weighted by molar-refractivity contribution is -0.119. The molecule has 8 nitrogen and oxygen atoms in total. The largest absolute Gasteiger partial charge is 0.497 e. The molecule has 172 valence electrons. The van der Waals surface area contributed by atoms with Gasteiger partial charge in [-0.1, -0.05) is 12.1 Å². The van der Waals surface area contributed by atoms with Crippen LogP contribution in [0.25, 0.3) is 0 Å². The molecule has 0 bridgehead atoms. The number of carbonyl (C=O) groups excluding carboxylic acids is 2. The van der Waals surface area contributed by atoms with E-state index in [1.54, 1.807) is 24.3 Å². The quantitative estimate of drug-likeness (QED) is 0.504. The van der Waals surface area contributed by atoms with Crippen molar-refractivity contribution >= 4 is 33.3 Å². The monoisotopic (exact) mass is 472 g/mol. The molecule has 0 heterocycles. The molecule has 3 rings (SSSR count). The normalized spacial score (nSPS) is 10.9. The molecule has 0 aliphatic carbocycles. The second-order valence-corrected chi connectivity index (χ2v) is 8.80. The molecule has 0 saturated heterocycles. The fourth-order valence-electron chi connectivity index (χ4n) is 2.85. The lowest BCUT2D eigenvalue weighted by atomic mass is 10.2. The maximum atomic E-state index is 13.2. The van der Waals surface area contributed by atoms with Crippen molar-refractivity contribution in [2.45, 2.75) is 4.90 Å². The van der Waals surface area contributed by atoms with Crippen molar-refractivity contribution in [3.05, 3.63) is 84.2 Å². The number of nitrogens with zero attached hydrogens (tertiary/aromatic N) is 1. The molecule has 0 aliphatic heterocycles. The van der Waals surface area contributed by atoms with Gasteiger partial charge in [-0.2, -0.15) is 0 Å². The molecular weight excluding hydrogens is 451 g/mol. The summed E-state index contributed by atoms with van der Waals surface area (Å²) in [5.41, 5.74) is 0.571. The minimum Gasteiger partial charge on any atom is -0.497 e. The number of benzene rings is 3. The highest BCUT2D eigenvalue weighted by Crippen LogP contribution is 2.25. The van der Waals surface area contributed by atoms with E-state index in [-0.39, 0.29) is 16.1 Å². The van der Waals surface area contributed by atoms with Crippen LogP contribution in [-0.4, -0.2) is 41.1 Å². The van der Waals surface area contributed by atoms with Crippen molar-refractivity contribution in [3.8, 4) is 5.75 Å². The Morgan fingerprint density at radius 3 is 2.36 bits per heavy atom. The number of carbonyl (C=O) groups is 2. The van der Waals surface area contributed by atoms with Gasteiger partial charge in [0.15, 0.2) is 6.61 Å². The Labute approximate surface area is 190 Å². The molecular formula is C23H21FN2O6S. The topological polar surface area (TPSA) is 102 Å². The standard InChI is InChI=1S/C23H21FN2O6S/c1-26(19-9-11-20(31-2)12-10-19)33(29,30)21-8-3-5-16(13-21)23(28)32-15-22(27)25-18-7-4-6-17(24)14-18/h3-14H,15H2,1-2H3,(H,25,27). The van der Waals surface area contributed by atoms with Gasteiger partial charge in [0.2, 0.25) is 0 Å². The van der Waals surface area contributed by atoms with Crippen LogP contribution < -0.4 is 14.4 Å². The van der Waals surface area contributed by atoms with Crippen LogP contribution in [0.4, 0.5) is 15.8 Å². The van der Waals surface area contributed by atoms with Gasteiger partial charge in [0.1, 0.15) is 11.6 Å². The molecule has 0 atom stereocenters. The predicted molar refractivity (Wildman–Crippen MR) is 120 cm³/mol. The van der Waals surface area contributed by atoms with E-state index in [0.717, 1.165) is 10.4 Å². The van der Waals surface area contributed by atoms with Crippen LogP contribution in [0.15, 0.2) is 77.7 Å². The summed E-state index contributed by atoms with van der Waals surface area (Å²) < 4.78 is 50.3. The van der Waals surface area contributed by atoms with Crippen LogP contribution >= 0.6 is 0 Å². The summed E-state index contributed by atoms with van der Waals surface area (Å²) in [4.78, 5) is 24.2. The van der Waals surface area contributed by atoms with Gasteiger partial charge in [-0.25, -0.2) is 17.6 Å². The van der Waals surface area contributed by atoms with E-state index in [0.29, 0.717) is 11.4 Å². The van der Waals surface area contributed by atoms with Crippen molar-refractivity contribution in [2.24, 2.45) is 0 Å². The van der Waals surface area contributed by atoms with Crippen LogP contribution in [0, 0.1) is 5.82 Å². The molecule has 0 fully saturated rings. The number of esters is 1. The summed E-state index contributed by atoms with van der Waals surface area (Å²) in [7, 11) is -1.08. The SMILES string of the molecule is COc1ccc(N(C)S(=O)(=O)c2cccc(C(=O)OCC(=O)Nc3cccc(F)c3)c2)cc1. The first-order valence-corrected chi connectivity index (χ1v) is 11.1. The first-order chi connectivity index (χ1) is 15.7. The molecule has 0 saturated carbocycles. The summed E-state index contributed by atoms with van der Waals surface area (Å²) >= 11 is 0. The molecule has 0 spiro atoms. The van der Waals surface area contributed by atoms with Crippen LogP contribution in [0.3, 0.4) is 0 Å². The number of methoxy groups -OCH3 is 1. The number of hydrogen-bond donors (Lipinski definition) is 1. The number of hydrogen-bond acceptors (Lipinski definition) is 6. The zero-order valence-electron chi connectivity index (χ0n) is 17.8. The van der Waals surface area contributed by atoms with Gasteiger partial charge in [-0.3, -0.25) is 9.10 Å². The smallest absolute Gasteiger partial charge is 0.338 e. The van der Waals surface area contributed by atoms with Gasteiger partial charge in [-0.15, -0.1) is 0 Å². The second kappa shape index (κ2) is 10.1. The summed E-state index contributed by atoms with van der Waals surface area (Å²) in [5, 5.41) is 2.40. The van der Waals surface area contributed by atoms with Crippen molar-refractivity contribution in [1.82, 2.24) is 0 Å². The average Bonchev–Trinajstić information content (AvgIpc) is 2.82. The Morgan fingerprint density at radius 2 is 1.70 bits per heavy atom. The number of anilines is 2. The Hall–Kier alpha value is -3.92. The molecule has 33 heavy (non-hydrogen) atoms. The maximum Gasteiger partial charge on any atom is 0.338 e. The summed E-state index contributed by atoms with van der Waals surface area (Å²) in [6.07, 6.45) is 0. The molecule has 0 aromatic heterocycles. The highest BCUT2D eigenvalue weighted by molar-refractivity contribution is 7.92. The van der Waals surface area contributed by atoms with Crippen LogP contribution in [0.2, 0.25) is 0 Å². The van der Waals surface area contributed by atoms with Crippen LogP contribution in [0.1, 0.15) is 10.4 Å². The molecule has 3 aromatic rings. The van der Waals surface area contributed by atoms with Crippen molar-refractivity contribution < 1.29 is 31.9 Å². The molecule has 0 radical (unpaired) electrons. The minimum absolute atomic E-state index is 0.0437. The van der Waals surface area contributed by atoms with Crippen molar-refractivity contribution in [2.75, 3.05) is 30.4 Å². The lowest BCUT2D eigenvalue weighted by Crippen LogP contribution is -2.27. The molecule has 10 heteroatoms. The highest BCUT2D eigenvalue weighted by atomic mass is 32.2. The minimum atomic E-state index is -3.97. The fraction of sp³-hybridized carbons (Fsp3) is 0.130. The van der Waals surface area contributed by atoms with E-state index in [4.69, 9.17) is 9.47 Å². The van der Waals surface area contributed by atoms with Gasteiger partial charge < -0.3 is 14.8 Å². The van der Waals surface area contributed by atoms with Gasteiger partial charge in [-0.05, 0) is 60.7 Å². The zero-order valence-corrected chi connectivity index (χ0v) is 18.6. The third kappa shape index (κ3) is 5.86. The number of ether oxygens (including phenoxy) is 2. The third-order valence-corrected chi connectivity index (χ3v) is 6.39. The summed E-state index contributed by atoms with van der Waals surface area (Å²) in [5.74, 6) is -1.50. The van der Waals surface area contributed by atoms with E-state index >= 15 is 0 Å². The van der Waals surface area contributed by atoms with E-state index in [1.165, 1.54) is 56.6 Å². The zero-order chi connectivity index (χ0) is 24.0. The summed E-state index contributed by atoms with van der Waals surface area (Å²) in [6.45, 7) is -0.627. The number of rotatable bonds is 8. The Bertz CT molecular complexity index is 1260. The fourth-order valence-corrected chi connectivity index (χ4v) is 4.09. The second-order valence-electron chi connectivity index (χ2n) is 6.83. The number of sulfonamides is 1. The first-order valence-electron chi connectivity index (χ1n) is 9.66. The predicted octanol–water partition coefficient (Wildman–Crippen LogP) is 3.45. The van der Waals surface area contributed by atoms with Crippen LogP contribution in [-0.2, 0) is 19.6 Å². The van der Waals surface area contributed by atoms with Gasteiger partial charge in [0.25, 0.3) is 15.9 Å². The van der Waals surface area contributed by atoms with Gasteiger partial charge in [0, 0.05) is 12.7 Å². The van der Waals surface area contributed by atoms with Crippen molar-refractivity contribution in [1.29, 1.82) is 0 Å². The number of amides is 1. The Morgan fingerprint density at radius 1 is 1.00 bits per heavy atom. The Kier molecular flexibility index (Phi) is 7.29. The molecule has 0 aliphatic rings. The number of halogens is 1. The highest BCUT2D eigenvalue weighted by Gasteiger charge is 2.23. The van der Waals surface area contributed by atoms with E-state index < -0.39 is 34.3 Å². The van der Waals surface area contributed by atoms with Gasteiger partial charge >= 0.3 is 5.97 Å². The van der Waals surface area contributed by atoms with E-state index in [9.17, 15) is 22.4 Å². The molecule has 1 amide bonds. The van der Waals surface area contributed by atoms with Crippen molar-refractivity contribution in [3.63, 3.8) is 0 Å². The lowest BCUT2D eigenvalue weighted by Gasteiger charge is -2.20.